The molecule has 2 N–H and O–H groups in total. The van der Waals surface area contributed by atoms with Crippen LogP contribution < -0.4 is 5.73 Å². The molecular weight excluding hydrogens is 210 g/mol. The summed E-state index contributed by atoms with van der Waals surface area (Å²) in [5.74, 6) is 0. The van der Waals surface area contributed by atoms with Crippen molar-refractivity contribution in [2.24, 2.45) is 5.73 Å². The van der Waals surface area contributed by atoms with Gasteiger partial charge >= 0.3 is 0 Å². The second-order valence-corrected chi connectivity index (χ2v) is 4.84. The summed E-state index contributed by atoms with van der Waals surface area (Å²) in [6.07, 6.45) is 7.51. The first-order valence-corrected chi connectivity index (χ1v) is 6.71. The van der Waals surface area contributed by atoms with Crippen LogP contribution in [0.3, 0.4) is 0 Å². The van der Waals surface area contributed by atoms with Crippen LogP contribution >= 0.6 is 0 Å². The van der Waals surface area contributed by atoms with E-state index in [9.17, 15) is 0 Å². The zero-order valence-electron chi connectivity index (χ0n) is 11.4. The summed E-state index contributed by atoms with van der Waals surface area (Å²) in [4.78, 5) is 0. The molecular formula is C14H25N3. The third kappa shape index (κ3) is 4.82. The number of rotatable bonds is 7. The van der Waals surface area contributed by atoms with E-state index in [1.807, 2.05) is 13.8 Å². The van der Waals surface area contributed by atoms with Crippen LogP contribution in [-0.2, 0) is 0 Å². The number of hydrogen-bond donors (Lipinski definition) is 1. The largest absolute Gasteiger partial charge is 0.324 e. The summed E-state index contributed by atoms with van der Waals surface area (Å²) in [6.45, 7) is 6.18. The maximum Gasteiger partial charge on any atom is 0.0648 e. The lowest BCUT2D eigenvalue weighted by Gasteiger charge is -2.14. The number of nitrogens with zero attached hydrogens (tertiary/aromatic N) is 2. The third-order valence-corrected chi connectivity index (χ3v) is 3.16. The van der Waals surface area contributed by atoms with Crippen LogP contribution in [0, 0.1) is 13.8 Å². The topological polar surface area (TPSA) is 51.8 Å². The van der Waals surface area contributed by atoms with Crippen molar-refractivity contribution in [3.8, 4) is 0 Å². The molecule has 0 bridgehead atoms. The Hall–Kier alpha value is -0.960. The fourth-order valence-electron chi connectivity index (χ4n) is 2.07. The zero-order chi connectivity index (χ0) is 12.7. The summed E-state index contributed by atoms with van der Waals surface area (Å²) in [7, 11) is 0. The number of aromatic nitrogens is 2. The Morgan fingerprint density at radius 2 is 1.82 bits per heavy atom. The zero-order valence-corrected chi connectivity index (χ0v) is 11.4. The molecule has 0 aliphatic rings. The Morgan fingerprint density at radius 1 is 1.12 bits per heavy atom. The molecule has 3 heteroatoms. The molecule has 1 rings (SSSR count). The lowest BCUT2D eigenvalue weighted by molar-refractivity contribution is 0.551. The molecule has 0 saturated heterocycles. The van der Waals surface area contributed by atoms with E-state index in [1.165, 1.54) is 32.1 Å². The highest BCUT2D eigenvalue weighted by Gasteiger charge is 2.10. The van der Waals surface area contributed by atoms with Crippen LogP contribution in [0.15, 0.2) is 6.07 Å². The lowest BCUT2D eigenvalue weighted by Crippen LogP contribution is -2.13. The maximum absolute atomic E-state index is 6.21. The molecule has 0 saturated carbocycles. The monoisotopic (exact) mass is 235 g/mol. The molecule has 1 unspecified atom stereocenters. The normalized spacial score (nSPS) is 12.7. The van der Waals surface area contributed by atoms with Gasteiger partial charge in [0.15, 0.2) is 0 Å². The molecule has 1 aromatic heterocycles. The Morgan fingerprint density at radius 3 is 2.53 bits per heavy atom. The van der Waals surface area contributed by atoms with Gasteiger partial charge < -0.3 is 5.73 Å². The van der Waals surface area contributed by atoms with Crippen LogP contribution in [0.1, 0.15) is 68.4 Å². The van der Waals surface area contributed by atoms with Gasteiger partial charge in [0.2, 0.25) is 0 Å². The standard InChI is InChI=1S/C14H25N3/c1-4-5-6-7-8-9-14(15)13-10-11(2)16-17-12(13)3/h10,14H,4-9,15H2,1-3H3. The van der Waals surface area contributed by atoms with E-state index in [4.69, 9.17) is 5.73 Å². The molecule has 0 amide bonds. The van der Waals surface area contributed by atoms with Gasteiger partial charge in [0.1, 0.15) is 0 Å². The van der Waals surface area contributed by atoms with Crippen LogP contribution in [0.4, 0.5) is 0 Å². The summed E-state index contributed by atoms with van der Waals surface area (Å²) in [5, 5.41) is 8.16. The van der Waals surface area contributed by atoms with Crippen LogP contribution in [0.25, 0.3) is 0 Å². The first-order chi connectivity index (χ1) is 8.15. The highest BCUT2D eigenvalue weighted by atomic mass is 15.1. The average molecular weight is 235 g/mol. The van der Waals surface area contributed by atoms with Gasteiger partial charge in [-0.25, -0.2) is 0 Å². The molecule has 0 spiro atoms. The molecule has 0 fully saturated rings. The second-order valence-electron chi connectivity index (χ2n) is 4.84. The van der Waals surface area contributed by atoms with Crippen molar-refractivity contribution in [2.45, 2.75) is 65.3 Å². The number of nitrogens with two attached hydrogens (primary N) is 1. The third-order valence-electron chi connectivity index (χ3n) is 3.16. The lowest BCUT2D eigenvalue weighted by atomic mass is 9.99. The van der Waals surface area contributed by atoms with Gasteiger partial charge in [0.05, 0.1) is 11.4 Å². The van der Waals surface area contributed by atoms with Gasteiger partial charge in [-0.2, -0.15) is 10.2 Å². The quantitative estimate of drug-likeness (QED) is 0.736. The fourth-order valence-corrected chi connectivity index (χ4v) is 2.07. The maximum atomic E-state index is 6.21. The summed E-state index contributed by atoms with van der Waals surface area (Å²) in [5.41, 5.74) is 9.29. The minimum Gasteiger partial charge on any atom is -0.324 e. The molecule has 0 aliphatic carbocycles. The van der Waals surface area contributed by atoms with Crippen molar-refractivity contribution in [2.75, 3.05) is 0 Å². The van der Waals surface area contributed by atoms with Gasteiger partial charge in [-0.05, 0) is 31.9 Å². The van der Waals surface area contributed by atoms with Crippen molar-refractivity contribution < 1.29 is 0 Å². The molecule has 1 heterocycles. The van der Waals surface area contributed by atoms with Crippen molar-refractivity contribution in [1.82, 2.24) is 10.2 Å². The van der Waals surface area contributed by atoms with Crippen molar-refractivity contribution >= 4 is 0 Å². The van der Waals surface area contributed by atoms with Crippen LogP contribution in [0.2, 0.25) is 0 Å². The number of hydrogen-bond acceptors (Lipinski definition) is 3. The van der Waals surface area contributed by atoms with Crippen molar-refractivity contribution in [3.05, 3.63) is 23.0 Å². The van der Waals surface area contributed by atoms with Gasteiger partial charge in [-0.15, -0.1) is 0 Å². The Balaban J connectivity index is 2.41. The molecule has 0 aromatic carbocycles. The molecule has 96 valence electrons. The van der Waals surface area contributed by atoms with Gasteiger partial charge in [0, 0.05) is 6.04 Å². The summed E-state index contributed by atoms with van der Waals surface area (Å²) >= 11 is 0. The van der Waals surface area contributed by atoms with Crippen LogP contribution in [0.5, 0.6) is 0 Å². The Kier molecular flexibility index (Phi) is 6.12. The Bertz CT molecular complexity index is 336. The van der Waals surface area contributed by atoms with E-state index in [0.29, 0.717) is 0 Å². The van der Waals surface area contributed by atoms with Crippen LogP contribution in [-0.4, -0.2) is 10.2 Å². The molecule has 17 heavy (non-hydrogen) atoms. The average Bonchev–Trinajstić information content (AvgIpc) is 2.32. The van der Waals surface area contributed by atoms with Gasteiger partial charge in [0.25, 0.3) is 0 Å². The predicted molar refractivity (Wildman–Crippen MR) is 71.8 cm³/mol. The second kappa shape index (κ2) is 7.38. The highest BCUT2D eigenvalue weighted by molar-refractivity contribution is 5.23. The first kappa shape index (κ1) is 14.1. The molecule has 1 atom stereocenters. The van der Waals surface area contributed by atoms with E-state index in [2.05, 4.69) is 23.2 Å². The smallest absolute Gasteiger partial charge is 0.0648 e. The van der Waals surface area contributed by atoms with E-state index < -0.39 is 0 Å². The van der Waals surface area contributed by atoms with E-state index in [0.717, 1.165) is 23.4 Å². The minimum atomic E-state index is 0.117. The molecule has 0 radical (unpaired) electrons. The molecule has 1 aromatic rings. The number of aryl methyl sites for hydroxylation is 2. The molecule has 0 aliphatic heterocycles. The van der Waals surface area contributed by atoms with E-state index in [-0.39, 0.29) is 6.04 Å². The summed E-state index contributed by atoms with van der Waals surface area (Å²) in [6, 6.07) is 2.19. The van der Waals surface area contributed by atoms with Gasteiger partial charge in [-0.1, -0.05) is 39.0 Å². The fraction of sp³-hybridized carbons (Fsp3) is 0.714. The van der Waals surface area contributed by atoms with Crippen molar-refractivity contribution in [1.29, 1.82) is 0 Å². The van der Waals surface area contributed by atoms with E-state index >= 15 is 0 Å². The molecule has 3 nitrogen and oxygen atoms in total. The van der Waals surface area contributed by atoms with E-state index in [1.54, 1.807) is 0 Å². The predicted octanol–water partition coefficient (Wildman–Crippen LogP) is 3.45. The Labute approximate surface area is 105 Å². The summed E-state index contributed by atoms with van der Waals surface area (Å²) < 4.78 is 0. The SMILES string of the molecule is CCCCCCCC(N)c1cc(C)nnc1C. The minimum absolute atomic E-state index is 0.117. The van der Waals surface area contributed by atoms with Crippen molar-refractivity contribution in [3.63, 3.8) is 0 Å². The van der Waals surface area contributed by atoms with Gasteiger partial charge in [-0.3, -0.25) is 0 Å². The highest BCUT2D eigenvalue weighted by Crippen LogP contribution is 2.20. The number of unbranched alkanes of at least 4 members (excludes halogenated alkanes) is 4. The first-order valence-electron chi connectivity index (χ1n) is 6.71.